The van der Waals surface area contributed by atoms with Crippen molar-refractivity contribution in [1.82, 2.24) is 0 Å². The molecular formula is C17H20F2IN3. The number of rotatable bonds is 5. The first-order chi connectivity index (χ1) is 10.6. The average molecular weight is 431 g/mol. The number of aliphatic imine (C=N–C) groups is 1. The van der Waals surface area contributed by atoms with Crippen LogP contribution in [0.15, 0.2) is 47.5 Å². The third-order valence-corrected chi connectivity index (χ3v) is 3.28. The highest BCUT2D eigenvalue weighted by Gasteiger charge is 2.03. The van der Waals surface area contributed by atoms with E-state index in [1.165, 1.54) is 11.6 Å². The van der Waals surface area contributed by atoms with E-state index in [1.807, 2.05) is 24.3 Å². The molecule has 0 heterocycles. The molecule has 0 amide bonds. The molecule has 2 aromatic carbocycles. The van der Waals surface area contributed by atoms with Gasteiger partial charge in [0, 0.05) is 12.2 Å². The fourth-order valence-corrected chi connectivity index (χ4v) is 2.09. The summed E-state index contributed by atoms with van der Waals surface area (Å²) in [7, 11) is 0. The Labute approximate surface area is 152 Å². The van der Waals surface area contributed by atoms with Crippen molar-refractivity contribution < 1.29 is 8.78 Å². The zero-order valence-electron chi connectivity index (χ0n) is 12.9. The molecule has 124 valence electrons. The average Bonchev–Trinajstić information content (AvgIpc) is 2.51. The molecule has 0 atom stereocenters. The summed E-state index contributed by atoms with van der Waals surface area (Å²) >= 11 is 0. The molecule has 0 bridgehead atoms. The van der Waals surface area contributed by atoms with Gasteiger partial charge in [0.2, 0.25) is 0 Å². The number of halogens is 3. The molecule has 3 N–H and O–H groups in total. The van der Waals surface area contributed by atoms with Crippen LogP contribution in [0.1, 0.15) is 18.1 Å². The zero-order valence-corrected chi connectivity index (χ0v) is 15.2. The molecular weight excluding hydrogens is 411 g/mol. The van der Waals surface area contributed by atoms with E-state index in [0.29, 0.717) is 12.0 Å². The molecule has 0 aliphatic heterocycles. The van der Waals surface area contributed by atoms with Gasteiger partial charge >= 0.3 is 0 Å². The van der Waals surface area contributed by atoms with E-state index in [2.05, 4.69) is 17.2 Å². The van der Waals surface area contributed by atoms with Crippen LogP contribution in [-0.4, -0.2) is 12.5 Å². The predicted octanol–water partition coefficient (Wildman–Crippen LogP) is 4.11. The number of nitrogens with one attached hydrogen (secondary N) is 1. The third-order valence-electron chi connectivity index (χ3n) is 3.28. The van der Waals surface area contributed by atoms with E-state index < -0.39 is 11.6 Å². The quantitative estimate of drug-likeness (QED) is 0.425. The smallest absolute Gasteiger partial charge is 0.193 e. The lowest BCUT2D eigenvalue weighted by Crippen LogP contribution is -2.23. The molecule has 0 aromatic heterocycles. The minimum Gasteiger partial charge on any atom is -0.370 e. The molecule has 0 saturated carbocycles. The van der Waals surface area contributed by atoms with Gasteiger partial charge in [0.05, 0.1) is 0 Å². The Bertz CT molecular complexity index is 675. The highest BCUT2D eigenvalue weighted by atomic mass is 127. The van der Waals surface area contributed by atoms with E-state index in [1.54, 1.807) is 0 Å². The van der Waals surface area contributed by atoms with Crippen molar-refractivity contribution in [2.75, 3.05) is 11.9 Å². The summed E-state index contributed by atoms with van der Waals surface area (Å²) in [6.45, 7) is 2.36. The molecule has 0 aliphatic carbocycles. The monoisotopic (exact) mass is 431 g/mol. The summed E-state index contributed by atoms with van der Waals surface area (Å²) in [5, 5.41) is 2.99. The number of nitrogens with zero attached hydrogens (tertiary/aromatic N) is 1. The van der Waals surface area contributed by atoms with Crippen molar-refractivity contribution in [3.63, 3.8) is 0 Å². The summed E-state index contributed by atoms with van der Waals surface area (Å²) in [5.74, 6) is -0.633. The van der Waals surface area contributed by atoms with Gasteiger partial charge in [-0.25, -0.2) is 8.78 Å². The van der Waals surface area contributed by atoms with Crippen molar-refractivity contribution in [3.8, 4) is 0 Å². The Morgan fingerprint density at radius 2 is 1.96 bits per heavy atom. The summed E-state index contributed by atoms with van der Waals surface area (Å²) in [4.78, 5) is 4.14. The number of guanidine groups is 1. The summed E-state index contributed by atoms with van der Waals surface area (Å²) in [6.07, 6.45) is 1.23. The van der Waals surface area contributed by atoms with Crippen molar-refractivity contribution in [3.05, 3.63) is 65.2 Å². The lowest BCUT2D eigenvalue weighted by atomic mass is 10.1. The van der Waals surface area contributed by atoms with Crippen LogP contribution in [0, 0.1) is 11.6 Å². The minimum absolute atomic E-state index is 0. The van der Waals surface area contributed by atoms with Gasteiger partial charge in [-0.05, 0) is 54.3 Å². The largest absolute Gasteiger partial charge is 0.370 e. The maximum atomic E-state index is 13.5. The molecule has 23 heavy (non-hydrogen) atoms. The van der Waals surface area contributed by atoms with Gasteiger partial charge in [-0.2, -0.15) is 0 Å². The number of benzene rings is 2. The maximum absolute atomic E-state index is 13.5. The fraction of sp³-hybridized carbons (Fsp3) is 0.235. The first kappa shape index (κ1) is 19.3. The SMILES string of the molecule is CCc1cccc(NC(N)=NCCc2cc(F)ccc2F)c1.I. The predicted molar refractivity (Wildman–Crippen MR) is 101 cm³/mol. The lowest BCUT2D eigenvalue weighted by Gasteiger charge is -2.07. The number of anilines is 1. The topological polar surface area (TPSA) is 50.4 Å². The van der Waals surface area contributed by atoms with E-state index in [9.17, 15) is 8.78 Å². The third kappa shape index (κ3) is 6.13. The molecule has 0 spiro atoms. The van der Waals surface area contributed by atoms with Gasteiger partial charge in [-0.3, -0.25) is 4.99 Å². The number of hydrogen-bond acceptors (Lipinski definition) is 1. The van der Waals surface area contributed by atoms with Crippen LogP contribution in [0.4, 0.5) is 14.5 Å². The molecule has 0 saturated heterocycles. The molecule has 2 rings (SSSR count). The maximum Gasteiger partial charge on any atom is 0.193 e. The molecule has 0 aliphatic rings. The Balaban J connectivity index is 0.00000264. The van der Waals surface area contributed by atoms with E-state index in [0.717, 1.165) is 24.2 Å². The van der Waals surface area contributed by atoms with Crippen LogP contribution in [0.2, 0.25) is 0 Å². The summed E-state index contributed by atoms with van der Waals surface area (Å²) in [5.41, 5.74) is 8.15. The van der Waals surface area contributed by atoms with Crippen LogP contribution in [-0.2, 0) is 12.8 Å². The van der Waals surface area contributed by atoms with Crippen LogP contribution < -0.4 is 11.1 Å². The highest BCUT2D eigenvalue weighted by molar-refractivity contribution is 14.0. The number of hydrogen-bond donors (Lipinski definition) is 2. The second kappa shape index (κ2) is 9.44. The second-order valence-electron chi connectivity index (χ2n) is 4.93. The van der Waals surface area contributed by atoms with Crippen molar-refractivity contribution in [2.45, 2.75) is 19.8 Å². The molecule has 0 fully saturated rings. The Kier molecular flexibility index (Phi) is 7.94. The van der Waals surface area contributed by atoms with Gasteiger partial charge in [0.1, 0.15) is 11.6 Å². The van der Waals surface area contributed by atoms with Crippen molar-refractivity contribution in [1.29, 1.82) is 0 Å². The first-order valence-electron chi connectivity index (χ1n) is 7.18. The van der Waals surface area contributed by atoms with Gasteiger partial charge in [0.25, 0.3) is 0 Å². The van der Waals surface area contributed by atoms with Crippen LogP contribution in [0.3, 0.4) is 0 Å². The molecule has 6 heteroatoms. The molecule has 2 aromatic rings. The lowest BCUT2D eigenvalue weighted by molar-refractivity contribution is 0.585. The zero-order chi connectivity index (χ0) is 15.9. The van der Waals surface area contributed by atoms with Gasteiger partial charge in [0.15, 0.2) is 5.96 Å². The number of nitrogens with two attached hydrogens (primary N) is 1. The van der Waals surface area contributed by atoms with Crippen molar-refractivity contribution in [2.24, 2.45) is 10.7 Å². The minimum atomic E-state index is -0.456. The van der Waals surface area contributed by atoms with E-state index in [4.69, 9.17) is 5.73 Å². The summed E-state index contributed by atoms with van der Waals surface area (Å²) in [6, 6.07) is 11.3. The standard InChI is InChI=1S/C17H19F2N3.HI/c1-2-12-4-3-5-15(10-12)22-17(20)21-9-8-13-11-14(18)6-7-16(13)19;/h3-7,10-11H,2,8-9H2,1H3,(H3,20,21,22);1H. The summed E-state index contributed by atoms with van der Waals surface area (Å²) < 4.78 is 26.5. The fourth-order valence-electron chi connectivity index (χ4n) is 2.09. The van der Waals surface area contributed by atoms with Crippen LogP contribution in [0.25, 0.3) is 0 Å². The highest BCUT2D eigenvalue weighted by Crippen LogP contribution is 2.12. The molecule has 3 nitrogen and oxygen atoms in total. The van der Waals surface area contributed by atoms with E-state index >= 15 is 0 Å². The number of aryl methyl sites for hydroxylation is 1. The van der Waals surface area contributed by atoms with E-state index in [-0.39, 0.29) is 36.5 Å². The second-order valence-corrected chi connectivity index (χ2v) is 4.93. The Morgan fingerprint density at radius 1 is 1.17 bits per heavy atom. The van der Waals surface area contributed by atoms with Crippen LogP contribution >= 0.6 is 24.0 Å². The molecule has 0 unspecified atom stereocenters. The normalized spacial score (nSPS) is 11.0. The van der Waals surface area contributed by atoms with Gasteiger partial charge in [-0.15, -0.1) is 24.0 Å². The Morgan fingerprint density at radius 3 is 2.70 bits per heavy atom. The van der Waals surface area contributed by atoms with Crippen molar-refractivity contribution >= 4 is 35.6 Å². The van der Waals surface area contributed by atoms with Gasteiger partial charge in [-0.1, -0.05) is 19.1 Å². The first-order valence-corrected chi connectivity index (χ1v) is 7.18. The Hall–Kier alpha value is -1.70. The van der Waals surface area contributed by atoms with Crippen LogP contribution in [0.5, 0.6) is 0 Å². The molecule has 0 radical (unpaired) electrons. The van der Waals surface area contributed by atoms with Gasteiger partial charge < -0.3 is 11.1 Å².